The Balaban J connectivity index is 0.00000400. The molecule has 0 unspecified atom stereocenters. The van der Waals surface area contributed by atoms with Crippen molar-refractivity contribution < 1.29 is 28.5 Å². The Bertz CT molecular complexity index is 1280. The average Bonchev–Trinajstić information content (AvgIpc) is 2.89. The maximum atomic E-state index is 13.8. The number of hydrogen-bond acceptors (Lipinski definition) is 6. The van der Waals surface area contributed by atoms with Gasteiger partial charge in [0.2, 0.25) is 0 Å². The summed E-state index contributed by atoms with van der Waals surface area (Å²) < 4.78 is 32.5. The number of aliphatic hydroxyl groups excluding tert-OH is 1. The van der Waals surface area contributed by atoms with E-state index in [2.05, 4.69) is 9.88 Å². The minimum atomic E-state index is -0.961. The van der Waals surface area contributed by atoms with Gasteiger partial charge in [-0.05, 0) is 75.2 Å². The molecule has 0 spiro atoms. The Morgan fingerprint density at radius 3 is 2.66 bits per heavy atom. The first-order chi connectivity index (χ1) is 17.7. The number of ether oxygens (including phenoxy) is 1. The second-order valence-electron chi connectivity index (χ2n) is 9.31. The number of pyridine rings is 1. The molecule has 38 heavy (non-hydrogen) atoms. The molecular formula is C27H30Cl2F2N2O4S. The third-order valence-corrected chi connectivity index (χ3v) is 8.43. The van der Waals surface area contributed by atoms with E-state index >= 15 is 0 Å². The molecule has 6 nitrogen and oxygen atoms in total. The summed E-state index contributed by atoms with van der Waals surface area (Å²) in [5.74, 6) is -0.624. The molecule has 3 aromatic rings. The monoisotopic (exact) mass is 586 g/mol. The lowest BCUT2D eigenvalue weighted by atomic mass is 9.74. The van der Waals surface area contributed by atoms with Crippen LogP contribution >= 0.6 is 35.8 Å². The number of hydrogen-bond donors (Lipinski definition) is 2. The maximum Gasteiger partial charge on any atom is 0.309 e. The van der Waals surface area contributed by atoms with Crippen molar-refractivity contribution in [2.75, 3.05) is 32.5 Å². The van der Waals surface area contributed by atoms with E-state index < -0.39 is 29.1 Å². The SMILES string of the molecule is COc1ccc2ncc(Cl)c([C@H](O)CCC3(C(=O)O)CCN(CCSc4cc(F)ccc4F)CC3)c2c1.Cl. The van der Waals surface area contributed by atoms with Crippen LogP contribution in [0.2, 0.25) is 5.02 Å². The van der Waals surface area contributed by atoms with Gasteiger partial charge >= 0.3 is 5.97 Å². The largest absolute Gasteiger partial charge is 0.497 e. The molecule has 0 bridgehead atoms. The van der Waals surface area contributed by atoms with Crippen molar-refractivity contribution in [3.05, 3.63) is 64.8 Å². The van der Waals surface area contributed by atoms with Crippen LogP contribution in [-0.2, 0) is 4.79 Å². The number of halogens is 4. The van der Waals surface area contributed by atoms with Crippen LogP contribution in [0.4, 0.5) is 8.78 Å². The number of thioether (sulfide) groups is 1. The topological polar surface area (TPSA) is 82.9 Å². The number of likely N-dealkylation sites (tertiary alicyclic amines) is 1. The van der Waals surface area contributed by atoms with E-state index in [4.69, 9.17) is 16.3 Å². The van der Waals surface area contributed by atoms with Crippen LogP contribution in [-0.4, -0.2) is 58.6 Å². The Morgan fingerprint density at radius 1 is 1.24 bits per heavy atom. The van der Waals surface area contributed by atoms with Crippen molar-refractivity contribution in [3.63, 3.8) is 0 Å². The number of carbonyl (C=O) groups is 1. The molecule has 0 radical (unpaired) electrons. The highest BCUT2D eigenvalue weighted by molar-refractivity contribution is 7.99. The van der Waals surface area contributed by atoms with Gasteiger partial charge in [-0.2, -0.15) is 0 Å². The lowest BCUT2D eigenvalue weighted by Crippen LogP contribution is -2.45. The molecule has 0 aliphatic carbocycles. The first kappa shape index (κ1) is 30.4. The predicted molar refractivity (Wildman–Crippen MR) is 148 cm³/mol. The van der Waals surface area contributed by atoms with Crippen molar-refractivity contribution in [1.82, 2.24) is 9.88 Å². The standard InChI is InChI=1S/C27H29ClF2N2O4S.ClH/c1-36-18-3-5-22-19(15-18)25(20(28)16-31-22)23(33)6-7-27(26(34)35)8-10-32(11-9-27)12-13-37-24-14-17(29)2-4-21(24)30;/h2-5,14-16,23,33H,6-13H2,1H3,(H,34,35);1H/t23-;/m1./s1. The van der Waals surface area contributed by atoms with Gasteiger partial charge in [-0.3, -0.25) is 9.78 Å². The second kappa shape index (κ2) is 13.3. The Kier molecular flexibility index (Phi) is 10.6. The van der Waals surface area contributed by atoms with Crippen LogP contribution in [0.15, 0.2) is 47.5 Å². The Morgan fingerprint density at radius 2 is 1.97 bits per heavy atom. The number of benzene rings is 2. The molecule has 1 aliphatic heterocycles. The molecule has 4 rings (SSSR count). The molecule has 2 aromatic carbocycles. The Labute approximate surface area is 235 Å². The van der Waals surface area contributed by atoms with Crippen LogP contribution in [0.1, 0.15) is 37.4 Å². The zero-order valence-electron chi connectivity index (χ0n) is 20.8. The highest BCUT2D eigenvalue weighted by atomic mass is 35.5. The number of carboxylic acids is 1. The van der Waals surface area contributed by atoms with Gasteiger partial charge in [-0.1, -0.05) is 11.6 Å². The highest BCUT2D eigenvalue weighted by Gasteiger charge is 2.41. The fourth-order valence-electron chi connectivity index (χ4n) is 4.84. The Hall–Kier alpha value is -2.17. The summed E-state index contributed by atoms with van der Waals surface area (Å²) in [6, 6.07) is 8.73. The number of fused-ring (bicyclic) bond motifs is 1. The number of piperidine rings is 1. The maximum absolute atomic E-state index is 13.8. The van der Waals surface area contributed by atoms with E-state index in [0.717, 1.165) is 12.1 Å². The zero-order valence-corrected chi connectivity index (χ0v) is 23.2. The van der Waals surface area contributed by atoms with Crippen LogP contribution in [0.3, 0.4) is 0 Å². The summed E-state index contributed by atoms with van der Waals surface area (Å²) in [5, 5.41) is 22.2. The minimum Gasteiger partial charge on any atom is -0.497 e. The molecule has 11 heteroatoms. The predicted octanol–water partition coefficient (Wildman–Crippen LogP) is 6.37. The second-order valence-corrected chi connectivity index (χ2v) is 10.9. The smallest absolute Gasteiger partial charge is 0.309 e. The summed E-state index contributed by atoms with van der Waals surface area (Å²) in [6.07, 6.45) is 1.94. The van der Waals surface area contributed by atoms with Crippen molar-refractivity contribution in [3.8, 4) is 5.75 Å². The fourth-order valence-corrected chi connectivity index (χ4v) is 6.09. The zero-order chi connectivity index (χ0) is 26.6. The molecule has 1 atom stereocenters. The summed E-state index contributed by atoms with van der Waals surface area (Å²) in [4.78, 5) is 19.1. The van der Waals surface area contributed by atoms with Gasteiger partial charge in [0, 0.05) is 34.3 Å². The minimum absolute atomic E-state index is 0. The lowest BCUT2D eigenvalue weighted by molar-refractivity contribution is -0.153. The molecule has 1 aromatic heterocycles. The van der Waals surface area contributed by atoms with E-state index in [0.29, 0.717) is 71.9 Å². The molecule has 206 valence electrons. The molecule has 1 aliphatic rings. The van der Waals surface area contributed by atoms with Crippen molar-refractivity contribution in [2.24, 2.45) is 5.41 Å². The van der Waals surface area contributed by atoms with Crippen LogP contribution < -0.4 is 4.74 Å². The van der Waals surface area contributed by atoms with Crippen LogP contribution in [0.5, 0.6) is 5.75 Å². The molecule has 1 saturated heterocycles. The van der Waals surface area contributed by atoms with E-state index in [-0.39, 0.29) is 23.7 Å². The molecular weight excluding hydrogens is 557 g/mol. The van der Waals surface area contributed by atoms with Crippen molar-refractivity contribution in [2.45, 2.75) is 36.7 Å². The van der Waals surface area contributed by atoms with Gasteiger partial charge < -0.3 is 19.8 Å². The summed E-state index contributed by atoms with van der Waals surface area (Å²) in [7, 11) is 1.55. The summed E-state index contributed by atoms with van der Waals surface area (Å²) in [5.41, 5.74) is 0.230. The van der Waals surface area contributed by atoms with E-state index in [1.165, 1.54) is 24.0 Å². The third kappa shape index (κ3) is 6.87. The summed E-state index contributed by atoms with van der Waals surface area (Å²) in [6.45, 7) is 1.79. The summed E-state index contributed by atoms with van der Waals surface area (Å²) >= 11 is 7.66. The molecule has 0 saturated carbocycles. The lowest BCUT2D eigenvalue weighted by Gasteiger charge is -2.39. The molecule has 0 amide bonds. The first-order valence-corrected chi connectivity index (χ1v) is 13.4. The number of aromatic nitrogens is 1. The number of aliphatic carboxylic acids is 1. The van der Waals surface area contributed by atoms with Crippen LogP contribution in [0.25, 0.3) is 10.9 Å². The van der Waals surface area contributed by atoms with E-state index in [9.17, 15) is 23.8 Å². The number of aliphatic hydroxyl groups is 1. The average molecular weight is 588 g/mol. The molecule has 2 heterocycles. The first-order valence-electron chi connectivity index (χ1n) is 12.1. The number of carboxylic acid groups (broad SMARTS) is 1. The number of methoxy groups -OCH3 is 1. The van der Waals surface area contributed by atoms with Gasteiger partial charge in [0.15, 0.2) is 0 Å². The molecule has 2 N–H and O–H groups in total. The van der Waals surface area contributed by atoms with Gasteiger partial charge in [0.1, 0.15) is 17.4 Å². The van der Waals surface area contributed by atoms with Crippen LogP contribution in [0, 0.1) is 17.0 Å². The van der Waals surface area contributed by atoms with Gasteiger partial charge in [0.25, 0.3) is 0 Å². The highest BCUT2D eigenvalue weighted by Crippen LogP contribution is 2.41. The van der Waals surface area contributed by atoms with Gasteiger partial charge in [0.05, 0.1) is 29.2 Å². The fraction of sp³-hybridized carbons (Fsp3) is 0.407. The third-order valence-electron chi connectivity index (χ3n) is 7.12. The molecule has 1 fully saturated rings. The van der Waals surface area contributed by atoms with E-state index in [1.54, 1.807) is 25.3 Å². The number of nitrogens with zero attached hydrogens (tertiary/aromatic N) is 2. The van der Waals surface area contributed by atoms with Crippen molar-refractivity contribution in [1.29, 1.82) is 0 Å². The van der Waals surface area contributed by atoms with Gasteiger partial charge in [-0.15, -0.1) is 24.2 Å². The normalized spacial score (nSPS) is 16.1. The van der Waals surface area contributed by atoms with Gasteiger partial charge in [-0.25, -0.2) is 8.78 Å². The van der Waals surface area contributed by atoms with Crippen molar-refractivity contribution >= 4 is 52.6 Å². The quantitative estimate of drug-likeness (QED) is 0.267. The number of rotatable bonds is 10. The van der Waals surface area contributed by atoms with E-state index in [1.807, 2.05) is 0 Å².